The number of nitrogens with one attached hydrogen (secondary N) is 1. The van der Waals surface area contributed by atoms with E-state index in [1.807, 2.05) is 0 Å². The van der Waals surface area contributed by atoms with E-state index in [0.717, 1.165) is 6.20 Å². The quantitative estimate of drug-likeness (QED) is 0.741. The summed E-state index contributed by atoms with van der Waals surface area (Å²) in [6.45, 7) is 0. The highest BCUT2D eigenvalue weighted by atomic mass is 19.1. The summed E-state index contributed by atoms with van der Waals surface area (Å²) in [5.74, 6) is -0.379. The number of halogens is 1. The fraction of sp³-hybridized carbons (Fsp3) is 0. The lowest BCUT2D eigenvalue weighted by atomic mass is 10.1. The zero-order chi connectivity index (χ0) is 9.97. The first-order valence-corrected chi connectivity index (χ1v) is 4.06. The molecule has 1 heterocycles. The van der Waals surface area contributed by atoms with Gasteiger partial charge in [-0.25, -0.2) is 4.39 Å². The number of hydrogen-bond acceptors (Lipinski definition) is 2. The van der Waals surface area contributed by atoms with Crippen LogP contribution in [0.4, 0.5) is 4.39 Å². The highest BCUT2D eigenvalue weighted by Crippen LogP contribution is 2.17. The lowest BCUT2D eigenvalue weighted by Gasteiger charge is -2.00. The van der Waals surface area contributed by atoms with Crippen molar-refractivity contribution in [1.82, 2.24) is 9.97 Å². The maximum absolute atomic E-state index is 13.3. The van der Waals surface area contributed by atoms with Crippen LogP contribution in [0.15, 0.2) is 41.5 Å². The molecule has 14 heavy (non-hydrogen) atoms. The zero-order valence-corrected chi connectivity index (χ0v) is 7.20. The smallest absolute Gasteiger partial charge is 0.266 e. The van der Waals surface area contributed by atoms with E-state index in [4.69, 9.17) is 0 Å². The molecular formula is C10H7FN2O. The van der Waals surface area contributed by atoms with Crippen LogP contribution >= 0.6 is 0 Å². The summed E-state index contributed by atoms with van der Waals surface area (Å²) in [5.41, 5.74) is 0.388. The molecule has 70 valence electrons. The summed E-state index contributed by atoms with van der Waals surface area (Å²) in [5, 5.41) is 0. The molecule has 4 heteroatoms. The van der Waals surface area contributed by atoms with Crippen LogP contribution in [0.25, 0.3) is 11.3 Å². The molecular weight excluding hydrogens is 183 g/mol. The molecule has 0 atom stereocenters. The van der Waals surface area contributed by atoms with Gasteiger partial charge in [0.15, 0.2) is 0 Å². The maximum Gasteiger partial charge on any atom is 0.266 e. The third-order valence-corrected chi connectivity index (χ3v) is 1.82. The van der Waals surface area contributed by atoms with Gasteiger partial charge in [0, 0.05) is 5.56 Å². The van der Waals surface area contributed by atoms with Crippen molar-refractivity contribution < 1.29 is 4.39 Å². The molecule has 0 aliphatic rings. The van der Waals surface area contributed by atoms with E-state index in [9.17, 15) is 9.18 Å². The van der Waals surface area contributed by atoms with E-state index < -0.39 is 0 Å². The Labute approximate surface area is 79.3 Å². The molecule has 0 unspecified atom stereocenters. The summed E-state index contributed by atoms with van der Waals surface area (Å²) in [6, 6.07) is 6.21. The summed E-state index contributed by atoms with van der Waals surface area (Å²) >= 11 is 0. The van der Waals surface area contributed by atoms with E-state index in [1.54, 1.807) is 18.2 Å². The molecule has 0 amide bonds. The Bertz CT molecular complexity index is 507. The molecule has 0 saturated heterocycles. The molecule has 3 nitrogen and oxygen atoms in total. The van der Waals surface area contributed by atoms with Crippen molar-refractivity contribution in [2.45, 2.75) is 0 Å². The second kappa shape index (κ2) is 3.41. The molecule has 2 rings (SSSR count). The van der Waals surface area contributed by atoms with Gasteiger partial charge in [-0.2, -0.15) is 0 Å². The van der Waals surface area contributed by atoms with E-state index in [-0.39, 0.29) is 11.4 Å². The topological polar surface area (TPSA) is 45.8 Å². The van der Waals surface area contributed by atoms with E-state index in [1.165, 1.54) is 12.3 Å². The largest absolute Gasteiger partial charge is 0.319 e. The highest BCUT2D eigenvalue weighted by Gasteiger charge is 2.03. The standard InChI is InChI=1S/C10H7FN2O/c11-8-4-2-1-3-7(8)9-5-12-6-10(14)13-9/h1-6H,(H,13,14). The molecule has 0 spiro atoms. The molecule has 1 N–H and O–H groups in total. The zero-order valence-electron chi connectivity index (χ0n) is 7.20. The average molecular weight is 190 g/mol. The van der Waals surface area contributed by atoms with Crippen LogP contribution in [-0.2, 0) is 0 Å². The minimum atomic E-state index is -0.379. The molecule has 1 aromatic heterocycles. The number of H-pyrrole nitrogens is 1. The van der Waals surface area contributed by atoms with E-state index in [0.29, 0.717) is 11.3 Å². The summed E-state index contributed by atoms with van der Waals surface area (Å²) in [6.07, 6.45) is 2.56. The molecule has 2 aromatic rings. The Hall–Kier alpha value is -1.97. The molecule has 0 aliphatic carbocycles. The Morgan fingerprint density at radius 3 is 2.71 bits per heavy atom. The van der Waals surface area contributed by atoms with Crippen molar-refractivity contribution in [3.8, 4) is 11.3 Å². The van der Waals surface area contributed by atoms with Gasteiger partial charge in [-0.15, -0.1) is 0 Å². The average Bonchev–Trinajstić information content (AvgIpc) is 2.18. The number of aromatic nitrogens is 2. The van der Waals surface area contributed by atoms with Crippen molar-refractivity contribution in [3.63, 3.8) is 0 Å². The van der Waals surface area contributed by atoms with Gasteiger partial charge in [0.1, 0.15) is 5.82 Å². The van der Waals surface area contributed by atoms with E-state index >= 15 is 0 Å². The van der Waals surface area contributed by atoms with Gasteiger partial charge < -0.3 is 4.98 Å². The first kappa shape index (κ1) is 8.62. The first-order chi connectivity index (χ1) is 6.77. The van der Waals surface area contributed by atoms with Crippen LogP contribution in [0, 0.1) is 5.82 Å². The lowest BCUT2D eigenvalue weighted by Crippen LogP contribution is -2.06. The molecule has 0 saturated carbocycles. The van der Waals surface area contributed by atoms with Crippen LogP contribution in [0.5, 0.6) is 0 Å². The number of benzene rings is 1. The lowest BCUT2D eigenvalue weighted by molar-refractivity contribution is 0.630. The molecule has 0 bridgehead atoms. The Kier molecular flexibility index (Phi) is 2.10. The molecule has 0 fully saturated rings. The van der Waals surface area contributed by atoms with Gasteiger partial charge >= 0.3 is 0 Å². The van der Waals surface area contributed by atoms with Gasteiger partial charge in [0.05, 0.1) is 18.1 Å². The van der Waals surface area contributed by atoms with Crippen molar-refractivity contribution in [2.75, 3.05) is 0 Å². The summed E-state index contributed by atoms with van der Waals surface area (Å²) in [7, 11) is 0. The number of aromatic amines is 1. The van der Waals surface area contributed by atoms with E-state index in [2.05, 4.69) is 9.97 Å². The van der Waals surface area contributed by atoms with Crippen LogP contribution < -0.4 is 5.56 Å². The highest BCUT2D eigenvalue weighted by molar-refractivity contribution is 5.58. The summed E-state index contributed by atoms with van der Waals surface area (Å²) < 4.78 is 13.3. The van der Waals surface area contributed by atoms with Gasteiger partial charge in [-0.05, 0) is 12.1 Å². The van der Waals surface area contributed by atoms with Crippen molar-refractivity contribution in [2.24, 2.45) is 0 Å². The van der Waals surface area contributed by atoms with Gasteiger partial charge in [-0.3, -0.25) is 9.78 Å². The minimum Gasteiger partial charge on any atom is -0.319 e. The third kappa shape index (κ3) is 1.54. The predicted octanol–water partition coefficient (Wildman–Crippen LogP) is 1.58. The van der Waals surface area contributed by atoms with Gasteiger partial charge in [-0.1, -0.05) is 12.1 Å². The fourth-order valence-electron chi connectivity index (χ4n) is 1.19. The summed E-state index contributed by atoms with van der Waals surface area (Å²) in [4.78, 5) is 17.1. The third-order valence-electron chi connectivity index (χ3n) is 1.82. The maximum atomic E-state index is 13.3. The second-order valence-corrected chi connectivity index (χ2v) is 2.79. The van der Waals surface area contributed by atoms with Crippen molar-refractivity contribution >= 4 is 0 Å². The molecule has 1 aromatic carbocycles. The van der Waals surface area contributed by atoms with Crippen LogP contribution in [0.3, 0.4) is 0 Å². The Morgan fingerprint density at radius 2 is 2.00 bits per heavy atom. The van der Waals surface area contributed by atoms with Crippen LogP contribution in [0.1, 0.15) is 0 Å². The van der Waals surface area contributed by atoms with Crippen LogP contribution in [-0.4, -0.2) is 9.97 Å². The van der Waals surface area contributed by atoms with Gasteiger partial charge in [0.25, 0.3) is 5.56 Å². The Morgan fingerprint density at radius 1 is 1.21 bits per heavy atom. The fourth-order valence-corrected chi connectivity index (χ4v) is 1.19. The number of nitrogens with zero attached hydrogens (tertiary/aromatic N) is 1. The van der Waals surface area contributed by atoms with Crippen LogP contribution in [0.2, 0.25) is 0 Å². The normalized spacial score (nSPS) is 10.1. The predicted molar refractivity (Wildman–Crippen MR) is 50.3 cm³/mol. The Balaban J connectivity index is 2.61. The molecule has 0 aliphatic heterocycles. The monoisotopic (exact) mass is 190 g/mol. The van der Waals surface area contributed by atoms with Crippen molar-refractivity contribution in [1.29, 1.82) is 0 Å². The SMILES string of the molecule is O=c1cncc(-c2ccccc2F)[nH]1. The number of hydrogen-bond donors (Lipinski definition) is 1. The van der Waals surface area contributed by atoms with Crippen molar-refractivity contribution in [3.05, 3.63) is 52.8 Å². The first-order valence-electron chi connectivity index (χ1n) is 4.06. The second-order valence-electron chi connectivity index (χ2n) is 2.79. The number of rotatable bonds is 1. The molecule has 0 radical (unpaired) electrons. The van der Waals surface area contributed by atoms with Gasteiger partial charge in [0.2, 0.25) is 0 Å². The minimum absolute atomic E-state index is 0.342.